The monoisotopic (exact) mass is 298 g/mol. The van der Waals surface area contributed by atoms with E-state index in [1.807, 2.05) is 20.8 Å². The summed E-state index contributed by atoms with van der Waals surface area (Å²) in [5.74, 6) is -1.00. The van der Waals surface area contributed by atoms with Crippen LogP contribution in [0.15, 0.2) is 10.9 Å². The van der Waals surface area contributed by atoms with E-state index in [9.17, 15) is 9.59 Å². The first-order chi connectivity index (χ1) is 9.78. The number of amides is 2. The van der Waals surface area contributed by atoms with Crippen LogP contribution in [0, 0.1) is 11.3 Å². The highest BCUT2D eigenvalue weighted by atomic mass is 16.5. The fourth-order valence-electron chi connectivity index (χ4n) is 1.85. The Morgan fingerprint density at radius 2 is 2.10 bits per heavy atom. The van der Waals surface area contributed by atoms with Crippen molar-refractivity contribution in [1.82, 2.24) is 20.8 Å². The highest BCUT2D eigenvalue weighted by molar-refractivity contribution is 5.75. The van der Waals surface area contributed by atoms with E-state index in [2.05, 4.69) is 25.3 Å². The first-order valence-corrected chi connectivity index (χ1v) is 6.77. The Bertz CT molecular complexity index is 453. The first-order valence-electron chi connectivity index (χ1n) is 6.77. The zero-order valence-corrected chi connectivity index (χ0v) is 12.5. The molecule has 21 heavy (non-hydrogen) atoms. The molecule has 8 nitrogen and oxygen atoms in total. The fourth-order valence-corrected chi connectivity index (χ4v) is 1.85. The molecule has 0 aliphatic rings. The van der Waals surface area contributed by atoms with Gasteiger partial charge in [-0.3, -0.25) is 4.79 Å². The number of hydrogen-bond donors (Lipinski definition) is 3. The van der Waals surface area contributed by atoms with Crippen molar-refractivity contribution in [2.75, 3.05) is 13.1 Å². The van der Waals surface area contributed by atoms with E-state index in [4.69, 9.17) is 5.11 Å². The lowest BCUT2D eigenvalue weighted by atomic mass is 9.84. The van der Waals surface area contributed by atoms with E-state index >= 15 is 0 Å². The summed E-state index contributed by atoms with van der Waals surface area (Å²) in [7, 11) is 0. The average molecular weight is 298 g/mol. The smallest absolute Gasteiger partial charge is 0.314 e. The van der Waals surface area contributed by atoms with Crippen LogP contribution < -0.4 is 10.6 Å². The van der Waals surface area contributed by atoms with Crippen LogP contribution in [-0.4, -0.2) is 40.3 Å². The van der Waals surface area contributed by atoms with Gasteiger partial charge in [0.2, 0.25) is 6.39 Å². The highest BCUT2D eigenvalue weighted by Crippen LogP contribution is 2.24. The maximum absolute atomic E-state index is 11.6. The molecule has 0 aromatic carbocycles. The van der Waals surface area contributed by atoms with Crippen molar-refractivity contribution in [2.45, 2.75) is 33.6 Å². The SMILES string of the molecule is CC(C)(C)CC(CNC(=O)NCCc1ncon1)C(=O)O. The standard InChI is InChI=1S/C13H22N4O4/c1-13(2,3)6-9(11(18)19)7-15-12(20)14-5-4-10-16-8-21-17-10/h8-9H,4-7H2,1-3H3,(H,18,19)(H2,14,15,20). The minimum Gasteiger partial charge on any atom is -0.481 e. The van der Waals surface area contributed by atoms with Gasteiger partial charge >= 0.3 is 12.0 Å². The molecule has 0 saturated carbocycles. The number of carboxylic acids is 1. The van der Waals surface area contributed by atoms with E-state index in [1.165, 1.54) is 6.39 Å². The number of carbonyl (C=O) groups excluding carboxylic acids is 1. The number of carboxylic acid groups (broad SMARTS) is 1. The molecule has 0 spiro atoms. The van der Waals surface area contributed by atoms with E-state index < -0.39 is 17.9 Å². The lowest BCUT2D eigenvalue weighted by molar-refractivity contribution is -0.142. The van der Waals surface area contributed by atoms with Gasteiger partial charge in [-0.05, 0) is 11.8 Å². The topological polar surface area (TPSA) is 117 Å². The Labute approximate surface area is 123 Å². The first kappa shape index (κ1) is 16.9. The third-order valence-electron chi connectivity index (χ3n) is 2.76. The Morgan fingerprint density at radius 3 is 2.62 bits per heavy atom. The number of nitrogens with zero attached hydrogens (tertiary/aromatic N) is 2. The Hall–Kier alpha value is -2.12. The summed E-state index contributed by atoms with van der Waals surface area (Å²) in [5, 5.41) is 18.0. The van der Waals surface area contributed by atoms with Crippen molar-refractivity contribution >= 4 is 12.0 Å². The fraction of sp³-hybridized carbons (Fsp3) is 0.692. The molecule has 8 heteroatoms. The van der Waals surface area contributed by atoms with Gasteiger partial charge in [-0.25, -0.2) is 4.79 Å². The normalized spacial score (nSPS) is 12.7. The van der Waals surface area contributed by atoms with Crippen LogP contribution >= 0.6 is 0 Å². The minimum absolute atomic E-state index is 0.0979. The number of hydrogen-bond acceptors (Lipinski definition) is 5. The molecule has 0 fully saturated rings. The van der Waals surface area contributed by atoms with Gasteiger partial charge in [0.05, 0.1) is 5.92 Å². The van der Waals surface area contributed by atoms with Gasteiger partial charge in [0.1, 0.15) is 0 Å². The maximum atomic E-state index is 11.6. The van der Waals surface area contributed by atoms with Crippen molar-refractivity contribution in [3.8, 4) is 0 Å². The zero-order valence-electron chi connectivity index (χ0n) is 12.5. The van der Waals surface area contributed by atoms with Crippen LogP contribution in [0.25, 0.3) is 0 Å². The van der Waals surface area contributed by atoms with Crippen LogP contribution in [0.1, 0.15) is 33.0 Å². The second-order valence-electron chi connectivity index (χ2n) is 6.03. The molecule has 1 aromatic rings. The summed E-state index contributed by atoms with van der Waals surface area (Å²) in [6, 6.07) is -0.404. The maximum Gasteiger partial charge on any atom is 0.314 e. The van der Waals surface area contributed by atoms with Crippen molar-refractivity contribution in [2.24, 2.45) is 11.3 Å². The molecule has 2 amide bonds. The molecule has 118 valence electrons. The molecule has 1 unspecified atom stereocenters. The van der Waals surface area contributed by atoms with Crippen molar-refractivity contribution < 1.29 is 19.2 Å². The lowest BCUT2D eigenvalue weighted by Gasteiger charge is -2.23. The van der Waals surface area contributed by atoms with Gasteiger partial charge in [-0.2, -0.15) is 4.98 Å². The van der Waals surface area contributed by atoms with Crippen molar-refractivity contribution in [3.63, 3.8) is 0 Å². The summed E-state index contributed by atoms with van der Waals surface area (Å²) in [6.45, 7) is 6.35. The van der Waals surface area contributed by atoms with Gasteiger partial charge in [-0.1, -0.05) is 25.9 Å². The van der Waals surface area contributed by atoms with Crippen LogP contribution in [0.5, 0.6) is 0 Å². The molecule has 3 N–H and O–H groups in total. The summed E-state index contributed by atoms with van der Waals surface area (Å²) in [5.41, 5.74) is -0.111. The number of urea groups is 1. The number of nitrogens with one attached hydrogen (secondary N) is 2. The molecule has 1 rings (SSSR count). The van der Waals surface area contributed by atoms with Crippen molar-refractivity contribution in [3.05, 3.63) is 12.2 Å². The molecule has 0 aliphatic carbocycles. The number of rotatable bonds is 7. The molecule has 0 radical (unpaired) electrons. The quantitative estimate of drug-likeness (QED) is 0.692. The van der Waals surface area contributed by atoms with Gasteiger partial charge < -0.3 is 20.3 Å². The van der Waals surface area contributed by atoms with Crippen LogP contribution in [0.4, 0.5) is 4.79 Å². The lowest BCUT2D eigenvalue weighted by Crippen LogP contribution is -2.41. The highest BCUT2D eigenvalue weighted by Gasteiger charge is 2.24. The van der Waals surface area contributed by atoms with Gasteiger partial charge in [0.15, 0.2) is 5.82 Å². The van der Waals surface area contributed by atoms with E-state index in [-0.39, 0.29) is 12.0 Å². The largest absolute Gasteiger partial charge is 0.481 e. The van der Waals surface area contributed by atoms with Gasteiger partial charge in [0.25, 0.3) is 0 Å². The van der Waals surface area contributed by atoms with Gasteiger partial charge in [0, 0.05) is 19.5 Å². The van der Waals surface area contributed by atoms with E-state index in [0.717, 1.165) is 0 Å². The van der Waals surface area contributed by atoms with E-state index in [0.29, 0.717) is 25.2 Å². The molecule has 0 bridgehead atoms. The second-order valence-corrected chi connectivity index (χ2v) is 6.03. The van der Waals surface area contributed by atoms with Gasteiger partial charge in [-0.15, -0.1) is 0 Å². The Balaban J connectivity index is 2.27. The zero-order chi connectivity index (χ0) is 15.9. The van der Waals surface area contributed by atoms with Crippen LogP contribution in [-0.2, 0) is 11.2 Å². The number of aromatic nitrogens is 2. The molecule has 1 atom stereocenters. The molecular formula is C13H22N4O4. The predicted molar refractivity (Wildman–Crippen MR) is 74.6 cm³/mol. The molecular weight excluding hydrogens is 276 g/mol. The third-order valence-corrected chi connectivity index (χ3v) is 2.76. The summed E-state index contributed by atoms with van der Waals surface area (Å²) in [4.78, 5) is 26.6. The average Bonchev–Trinajstić information content (AvgIpc) is 2.86. The van der Waals surface area contributed by atoms with Crippen LogP contribution in [0.2, 0.25) is 0 Å². The molecule has 1 heterocycles. The van der Waals surface area contributed by atoms with E-state index in [1.54, 1.807) is 0 Å². The third kappa shape index (κ3) is 7.28. The second kappa shape index (κ2) is 7.61. The predicted octanol–water partition coefficient (Wildman–Crippen LogP) is 1.05. The summed E-state index contributed by atoms with van der Waals surface area (Å²) >= 11 is 0. The molecule has 1 aromatic heterocycles. The number of carbonyl (C=O) groups is 2. The number of aliphatic carboxylic acids is 1. The Morgan fingerprint density at radius 1 is 1.38 bits per heavy atom. The molecule has 0 saturated heterocycles. The minimum atomic E-state index is -0.906. The summed E-state index contributed by atoms with van der Waals surface area (Å²) in [6.07, 6.45) is 2.17. The van der Waals surface area contributed by atoms with Crippen LogP contribution in [0.3, 0.4) is 0 Å². The summed E-state index contributed by atoms with van der Waals surface area (Å²) < 4.78 is 4.57. The molecule has 0 aliphatic heterocycles. The van der Waals surface area contributed by atoms with Crippen molar-refractivity contribution in [1.29, 1.82) is 0 Å². The Kier molecular flexibility index (Phi) is 6.13.